The Labute approximate surface area is 176 Å². The van der Waals surface area contributed by atoms with E-state index in [1.165, 1.54) is 25.7 Å². The minimum Gasteiger partial charge on any atom is -0.494 e. The number of imidazole rings is 1. The number of hydrogen-bond donors (Lipinski definition) is 1. The topological polar surface area (TPSA) is 69.0 Å². The van der Waals surface area contributed by atoms with Crippen molar-refractivity contribution in [3.63, 3.8) is 0 Å². The zero-order chi connectivity index (χ0) is 20.7. The van der Waals surface area contributed by atoms with E-state index in [1.54, 1.807) is 19.5 Å². The van der Waals surface area contributed by atoms with Gasteiger partial charge < -0.3 is 14.6 Å². The Bertz CT molecular complexity index is 1090. The van der Waals surface area contributed by atoms with Gasteiger partial charge in [0.1, 0.15) is 17.1 Å². The first-order valence-corrected chi connectivity index (χ1v) is 10.8. The molecule has 1 saturated carbocycles. The second kappa shape index (κ2) is 7.42. The molecule has 2 aliphatic rings. The van der Waals surface area contributed by atoms with E-state index in [-0.39, 0.29) is 5.91 Å². The van der Waals surface area contributed by atoms with Crippen LogP contribution in [-0.4, -0.2) is 34.1 Å². The molecule has 30 heavy (non-hydrogen) atoms. The van der Waals surface area contributed by atoms with Gasteiger partial charge in [0.15, 0.2) is 0 Å². The Hall–Kier alpha value is -2.89. The van der Waals surface area contributed by atoms with Crippen molar-refractivity contribution < 1.29 is 9.53 Å². The lowest BCUT2D eigenvalue weighted by Crippen LogP contribution is -2.38. The van der Waals surface area contributed by atoms with Gasteiger partial charge in [-0.3, -0.25) is 9.78 Å². The summed E-state index contributed by atoms with van der Waals surface area (Å²) in [5.41, 5.74) is 3.44. The van der Waals surface area contributed by atoms with Crippen molar-refractivity contribution >= 4 is 16.9 Å². The van der Waals surface area contributed by atoms with Crippen molar-refractivity contribution in [3.05, 3.63) is 53.6 Å². The van der Waals surface area contributed by atoms with Crippen molar-refractivity contribution in [2.75, 3.05) is 13.7 Å². The zero-order valence-corrected chi connectivity index (χ0v) is 17.6. The fourth-order valence-corrected chi connectivity index (χ4v) is 5.45. The Morgan fingerprint density at radius 1 is 1.20 bits per heavy atom. The first kappa shape index (κ1) is 19.1. The number of fused-ring (bicyclic) bond motifs is 1. The molecule has 3 heterocycles. The number of amides is 1. The molecule has 0 spiro atoms. The van der Waals surface area contributed by atoms with E-state index >= 15 is 0 Å². The first-order chi connectivity index (χ1) is 14.6. The van der Waals surface area contributed by atoms with Crippen LogP contribution in [0.2, 0.25) is 0 Å². The zero-order valence-electron chi connectivity index (χ0n) is 17.6. The van der Waals surface area contributed by atoms with Gasteiger partial charge in [-0.1, -0.05) is 18.9 Å². The summed E-state index contributed by atoms with van der Waals surface area (Å²) in [4.78, 5) is 22.5. The smallest absolute Gasteiger partial charge is 0.231 e. The standard InChI is InChI=1S/C24H28N4O2/c1-28-21-18(24(11-14-26-23(24)29)15-16-9-12-25-13-10-16)7-8-19(30-2)20(21)27-22(28)17-5-3-4-6-17/h7-10,12-13,17H,3-6,11,14-15H2,1-2H3,(H,26,29). The highest BCUT2D eigenvalue weighted by atomic mass is 16.5. The average molecular weight is 405 g/mol. The van der Waals surface area contributed by atoms with E-state index in [9.17, 15) is 4.79 Å². The molecule has 2 fully saturated rings. The van der Waals surface area contributed by atoms with Crippen LogP contribution in [0.15, 0.2) is 36.7 Å². The number of nitrogens with zero attached hydrogens (tertiary/aromatic N) is 3. The molecule has 1 aliphatic heterocycles. The molecule has 2 aromatic heterocycles. The molecule has 3 aromatic rings. The second-order valence-corrected chi connectivity index (χ2v) is 8.64. The summed E-state index contributed by atoms with van der Waals surface area (Å²) in [7, 11) is 3.78. The summed E-state index contributed by atoms with van der Waals surface area (Å²) >= 11 is 0. The Morgan fingerprint density at radius 3 is 2.63 bits per heavy atom. The lowest BCUT2D eigenvalue weighted by Gasteiger charge is -2.28. The molecule has 1 unspecified atom stereocenters. The van der Waals surface area contributed by atoms with Gasteiger partial charge in [-0.05, 0) is 55.0 Å². The monoisotopic (exact) mass is 404 g/mol. The van der Waals surface area contributed by atoms with Gasteiger partial charge in [-0.2, -0.15) is 0 Å². The highest BCUT2D eigenvalue weighted by molar-refractivity contribution is 5.97. The molecule has 0 bridgehead atoms. The third-order valence-corrected chi connectivity index (χ3v) is 7.00. The van der Waals surface area contributed by atoms with Crippen LogP contribution in [-0.2, 0) is 23.7 Å². The molecule has 6 heteroatoms. The van der Waals surface area contributed by atoms with E-state index in [0.717, 1.165) is 40.2 Å². The quantitative estimate of drug-likeness (QED) is 0.705. The number of rotatable bonds is 5. The maximum absolute atomic E-state index is 13.3. The fraction of sp³-hybridized carbons (Fsp3) is 0.458. The molecule has 1 atom stereocenters. The molecular weight excluding hydrogens is 376 g/mol. The lowest BCUT2D eigenvalue weighted by atomic mass is 9.73. The number of carbonyl (C=O) groups excluding carboxylic acids is 1. The van der Waals surface area contributed by atoms with Crippen molar-refractivity contribution in [1.82, 2.24) is 19.9 Å². The number of methoxy groups -OCH3 is 1. The summed E-state index contributed by atoms with van der Waals surface area (Å²) in [5.74, 6) is 2.46. The first-order valence-electron chi connectivity index (χ1n) is 10.8. The van der Waals surface area contributed by atoms with Crippen LogP contribution in [0.25, 0.3) is 11.0 Å². The molecule has 156 valence electrons. The van der Waals surface area contributed by atoms with Crippen molar-refractivity contribution in [1.29, 1.82) is 0 Å². The normalized spacial score (nSPS) is 22.0. The van der Waals surface area contributed by atoms with Gasteiger partial charge >= 0.3 is 0 Å². The van der Waals surface area contributed by atoms with Crippen molar-refractivity contribution in [2.45, 2.75) is 49.9 Å². The van der Waals surface area contributed by atoms with E-state index in [4.69, 9.17) is 9.72 Å². The number of carbonyl (C=O) groups is 1. The molecule has 1 amide bonds. The third kappa shape index (κ3) is 2.89. The highest BCUT2D eigenvalue weighted by Crippen LogP contribution is 2.43. The van der Waals surface area contributed by atoms with E-state index < -0.39 is 5.41 Å². The number of nitrogens with one attached hydrogen (secondary N) is 1. The molecule has 1 aliphatic carbocycles. The molecule has 1 saturated heterocycles. The van der Waals surface area contributed by atoms with Gasteiger partial charge in [-0.15, -0.1) is 0 Å². The molecule has 1 aromatic carbocycles. The molecule has 1 N–H and O–H groups in total. The van der Waals surface area contributed by atoms with Crippen LogP contribution in [0.1, 0.15) is 55.0 Å². The summed E-state index contributed by atoms with van der Waals surface area (Å²) in [5, 5.41) is 3.09. The average Bonchev–Trinajstić information content (AvgIpc) is 3.49. The SMILES string of the molecule is COc1ccc(C2(Cc3ccncc3)CCNC2=O)c2c1nc(C1CCCC1)n2C. The summed E-state index contributed by atoms with van der Waals surface area (Å²) < 4.78 is 7.89. The molecule has 6 nitrogen and oxygen atoms in total. The largest absolute Gasteiger partial charge is 0.494 e. The van der Waals surface area contributed by atoms with Crippen molar-refractivity contribution in [3.8, 4) is 5.75 Å². The van der Waals surface area contributed by atoms with E-state index in [0.29, 0.717) is 18.9 Å². The molecular formula is C24H28N4O2. The van der Waals surface area contributed by atoms with Crippen LogP contribution in [0.4, 0.5) is 0 Å². The van der Waals surface area contributed by atoms with Crippen LogP contribution in [0.3, 0.4) is 0 Å². The van der Waals surface area contributed by atoms with E-state index in [1.807, 2.05) is 18.2 Å². The van der Waals surface area contributed by atoms with Crippen LogP contribution in [0.5, 0.6) is 5.75 Å². The maximum Gasteiger partial charge on any atom is 0.231 e. The minimum atomic E-state index is -0.618. The Kier molecular flexibility index (Phi) is 4.72. The predicted molar refractivity (Wildman–Crippen MR) is 116 cm³/mol. The number of pyridine rings is 1. The number of hydrogen-bond acceptors (Lipinski definition) is 4. The Balaban J connectivity index is 1.72. The van der Waals surface area contributed by atoms with Gasteiger partial charge in [0.05, 0.1) is 18.0 Å². The van der Waals surface area contributed by atoms with Gasteiger partial charge in [-0.25, -0.2) is 4.98 Å². The van der Waals surface area contributed by atoms with Gasteiger partial charge in [0.2, 0.25) is 5.91 Å². The minimum absolute atomic E-state index is 0.0920. The van der Waals surface area contributed by atoms with Crippen LogP contribution >= 0.6 is 0 Å². The van der Waals surface area contributed by atoms with E-state index in [2.05, 4.69) is 28.0 Å². The third-order valence-electron chi connectivity index (χ3n) is 7.00. The predicted octanol–water partition coefficient (Wildman–Crippen LogP) is 3.63. The lowest BCUT2D eigenvalue weighted by molar-refractivity contribution is -0.124. The van der Waals surface area contributed by atoms with Gasteiger partial charge in [0, 0.05) is 31.9 Å². The van der Waals surface area contributed by atoms with Crippen molar-refractivity contribution in [2.24, 2.45) is 7.05 Å². The molecule has 0 radical (unpaired) electrons. The van der Waals surface area contributed by atoms with Gasteiger partial charge in [0.25, 0.3) is 0 Å². The number of aryl methyl sites for hydroxylation is 1. The second-order valence-electron chi connectivity index (χ2n) is 8.64. The van der Waals surface area contributed by atoms with Crippen LogP contribution < -0.4 is 10.1 Å². The number of ether oxygens (including phenoxy) is 1. The number of benzene rings is 1. The van der Waals surface area contributed by atoms with Crippen LogP contribution in [0, 0.1) is 0 Å². The fourth-order valence-electron chi connectivity index (χ4n) is 5.45. The summed E-state index contributed by atoms with van der Waals surface area (Å²) in [6, 6.07) is 8.05. The Morgan fingerprint density at radius 2 is 1.97 bits per heavy atom. The number of aromatic nitrogens is 3. The maximum atomic E-state index is 13.3. The summed E-state index contributed by atoms with van der Waals surface area (Å²) in [6.07, 6.45) is 9.86. The molecule has 5 rings (SSSR count). The summed E-state index contributed by atoms with van der Waals surface area (Å²) in [6.45, 7) is 0.685. The highest BCUT2D eigenvalue weighted by Gasteiger charge is 2.46.